The summed E-state index contributed by atoms with van der Waals surface area (Å²) in [5.41, 5.74) is 5.42. The molecule has 0 atom stereocenters. The summed E-state index contributed by atoms with van der Waals surface area (Å²) in [4.78, 5) is 38.9. The predicted molar refractivity (Wildman–Crippen MR) is 168 cm³/mol. The normalized spacial score (nSPS) is 16.6. The fourth-order valence-electron chi connectivity index (χ4n) is 5.98. The SMILES string of the molecule is CCCC(=O)N1CCCN(Cc2ccccc2)CCN(C(=O)c2cc(C3CC3)nc3onc(C)c23)Cc2ccc(Cl)cc21. The number of benzene rings is 2. The van der Waals surface area contributed by atoms with Crippen LogP contribution in [0.4, 0.5) is 5.69 Å². The Labute approximate surface area is 257 Å². The number of rotatable bonds is 6. The van der Waals surface area contributed by atoms with E-state index in [0.717, 1.165) is 55.7 Å². The Morgan fingerprint density at radius 2 is 1.84 bits per heavy atom. The summed E-state index contributed by atoms with van der Waals surface area (Å²) in [5.74, 6) is 0.334. The van der Waals surface area contributed by atoms with Gasteiger partial charge in [0, 0.05) is 62.3 Å². The number of nitrogens with zero attached hydrogens (tertiary/aromatic N) is 5. The number of amides is 2. The van der Waals surface area contributed by atoms with Gasteiger partial charge in [0.1, 0.15) is 0 Å². The van der Waals surface area contributed by atoms with Gasteiger partial charge in [0.05, 0.1) is 22.3 Å². The Kier molecular flexibility index (Phi) is 8.77. The first-order valence-corrected chi connectivity index (χ1v) is 15.7. The first-order valence-electron chi connectivity index (χ1n) is 15.3. The zero-order chi connectivity index (χ0) is 29.9. The summed E-state index contributed by atoms with van der Waals surface area (Å²) in [5, 5.41) is 5.39. The van der Waals surface area contributed by atoms with Crippen molar-refractivity contribution in [1.29, 1.82) is 0 Å². The summed E-state index contributed by atoms with van der Waals surface area (Å²) in [6.45, 7) is 7.56. The topological polar surface area (TPSA) is 82.8 Å². The van der Waals surface area contributed by atoms with Gasteiger partial charge in [-0.1, -0.05) is 60.1 Å². The van der Waals surface area contributed by atoms with E-state index in [4.69, 9.17) is 21.1 Å². The van der Waals surface area contributed by atoms with E-state index >= 15 is 0 Å². The van der Waals surface area contributed by atoms with E-state index in [2.05, 4.69) is 34.3 Å². The van der Waals surface area contributed by atoms with Crippen molar-refractivity contribution in [2.24, 2.45) is 0 Å². The van der Waals surface area contributed by atoms with Gasteiger partial charge < -0.3 is 14.3 Å². The maximum Gasteiger partial charge on any atom is 0.259 e. The average Bonchev–Trinajstić information content (AvgIpc) is 3.80. The molecule has 0 saturated heterocycles. The highest BCUT2D eigenvalue weighted by Crippen LogP contribution is 2.41. The minimum absolute atomic E-state index is 0.0720. The molecule has 0 radical (unpaired) electrons. The number of aryl methyl sites for hydroxylation is 1. The Bertz CT molecular complexity index is 1620. The highest BCUT2D eigenvalue weighted by atomic mass is 35.5. The van der Waals surface area contributed by atoms with Crippen LogP contribution in [0.2, 0.25) is 5.02 Å². The van der Waals surface area contributed by atoms with Crippen molar-refractivity contribution >= 4 is 40.2 Å². The smallest absolute Gasteiger partial charge is 0.259 e. The van der Waals surface area contributed by atoms with Crippen LogP contribution in [-0.2, 0) is 17.9 Å². The van der Waals surface area contributed by atoms with Crippen molar-refractivity contribution in [3.63, 3.8) is 0 Å². The lowest BCUT2D eigenvalue weighted by Crippen LogP contribution is -2.38. The van der Waals surface area contributed by atoms with Crippen LogP contribution in [0.25, 0.3) is 11.1 Å². The van der Waals surface area contributed by atoms with Gasteiger partial charge in [-0.15, -0.1) is 0 Å². The molecule has 1 aliphatic carbocycles. The molecule has 224 valence electrons. The van der Waals surface area contributed by atoms with Crippen LogP contribution in [0.15, 0.2) is 59.1 Å². The molecule has 4 aromatic rings. The van der Waals surface area contributed by atoms with Gasteiger partial charge in [0.15, 0.2) is 0 Å². The van der Waals surface area contributed by atoms with Gasteiger partial charge in [-0.05, 0) is 61.9 Å². The van der Waals surface area contributed by atoms with Crippen LogP contribution in [0.1, 0.15) is 77.8 Å². The van der Waals surface area contributed by atoms with Crippen molar-refractivity contribution in [3.05, 3.63) is 87.7 Å². The van der Waals surface area contributed by atoms with E-state index < -0.39 is 0 Å². The highest BCUT2D eigenvalue weighted by molar-refractivity contribution is 6.31. The van der Waals surface area contributed by atoms with Gasteiger partial charge in [-0.2, -0.15) is 0 Å². The molecular formula is C34H38ClN5O3. The highest BCUT2D eigenvalue weighted by Gasteiger charge is 2.31. The van der Waals surface area contributed by atoms with Crippen molar-refractivity contribution in [2.75, 3.05) is 31.1 Å². The third-order valence-corrected chi connectivity index (χ3v) is 8.64. The Hall–Kier alpha value is -3.75. The van der Waals surface area contributed by atoms with E-state index in [-0.39, 0.29) is 11.8 Å². The molecule has 0 bridgehead atoms. The van der Waals surface area contributed by atoms with Gasteiger partial charge in [-0.25, -0.2) is 4.98 Å². The predicted octanol–water partition coefficient (Wildman–Crippen LogP) is 6.74. The second kappa shape index (κ2) is 12.9. The zero-order valence-corrected chi connectivity index (χ0v) is 25.6. The molecule has 0 spiro atoms. The molecule has 6 rings (SSSR count). The van der Waals surface area contributed by atoms with Crippen LogP contribution >= 0.6 is 11.6 Å². The standard InChI is InChI=1S/C34H38ClN5O3/c1-3-8-31(41)40-16-7-15-38(21-24-9-5-4-6-10-24)17-18-39(22-26-13-14-27(35)19-30(26)40)34(42)28-20-29(25-11-12-25)36-33-32(28)23(2)37-43-33/h4-6,9-10,13-14,19-20,25H,3,7-8,11-12,15-18,21-22H2,1-2H3. The Balaban J connectivity index is 1.41. The molecule has 2 aliphatic rings. The molecule has 3 heterocycles. The van der Waals surface area contributed by atoms with Crippen molar-refractivity contribution in [2.45, 2.75) is 65.0 Å². The molecule has 0 N–H and O–H groups in total. The molecule has 1 aliphatic heterocycles. The van der Waals surface area contributed by atoms with Gasteiger partial charge in [-0.3, -0.25) is 14.5 Å². The number of anilines is 1. The fourth-order valence-corrected chi connectivity index (χ4v) is 6.14. The van der Waals surface area contributed by atoms with E-state index in [1.165, 1.54) is 5.56 Å². The van der Waals surface area contributed by atoms with Crippen LogP contribution in [0.3, 0.4) is 0 Å². The number of pyridine rings is 1. The largest absolute Gasteiger partial charge is 0.336 e. The van der Waals surface area contributed by atoms with Gasteiger partial charge >= 0.3 is 0 Å². The third-order valence-electron chi connectivity index (χ3n) is 8.41. The van der Waals surface area contributed by atoms with Gasteiger partial charge in [0.25, 0.3) is 11.6 Å². The first-order chi connectivity index (χ1) is 20.9. The number of carbonyl (C=O) groups excluding carboxylic acids is 2. The zero-order valence-electron chi connectivity index (χ0n) is 24.9. The van der Waals surface area contributed by atoms with Crippen LogP contribution in [0.5, 0.6) is 0 Å². The summed E-state index contributed by atoms with van der Waals surface area (Å²) in [6, 6.07) is 18.0. The van der Waals surface area contributed by atoms with E-state index in [9.17, 15) is 9.59 Å². The summed E-state index contributed by atoms with van der Waals surface area (Å²) >= 11 is 6.50. The summed E-state index contributed by atoms with van der Waals surface area (Å²) in [6.07, 6.45) is 4.14. The molecular weight excluding hydrogens is 562 g/mol. The molecule has 2 aromatic carbocycles. The Morgan fingerprint density at radius 3 is 2.60 bits per heavy atom. The molecule has 43 heavy (non-hydrogen) atoms. The molecule has 1 fully saturated rings. The monoisotopic (exact) mass is 599 g/mol. The maximum absolute atomic E-state index is 14.6. The van der Waals surface area contributed by atoms with E-state index in [1.807, 2.05) is 54.0 Å². The second-order valence-electron chi connectivity index (χ2n) is 11.7. The number of aromatic nitrogens is 2. The lowest BCUT2D eigenvalue weighted by atomic mass is 10.1. The molecule has 2 aromatic heterocycles. The lowest BCUT2D eigenvalue weighted by Gasteiger charge is -2.29. The molecule has 8 nitrogen and oxygen atoms in total. The summed E-state index contributed by atoms with van der Waals surface area (Å²) < 4.78 is 5.56. The van der Waals surface area contributed by atoms with Crippen LogP contribution in [0, 0.1) is 6.92 Å². The molecule has 2 amide bonds. The first kappa shape index (κ1) is 29.3. The number of hydrogen-bond donors (Lipinski definition) is 0. The minimum Gasteiger partial charge on any atom is -0.336 e. The number of carbonyl (C=O) groups is 2. The van der Waals surface area contributed by atoms with E-state index in [0.29, 0.717) is 65.9 Å². The number of hydrogen-bond acceptors (Lipinski definition) is 6. The molecule has 1 saturated carbocycles. The number of halogens is 1. The van der Waals surface area contributed by atoms with E-state index in [1.54, 1.807) is 0 Å². The third kappa shape index (κ3) is 6.60. The molecule has 0 unspecified atom stereocenters. The van der Waals surface area contributed by atoms with Crippen molar-refractivity contribution in [3.8, 4) is 0 Å². The quantitative estimate of drug-likeness (QED) is 0.244. The number of fused-ring (bicyclic) bond motifs is 2. The fraction of sp³-hybridized carbons (Fsp3) is 0.412. The second-order valence-corrected chi connectivity index (χ2v) is 12.2. The lowest BCUT2D eigenvalue weighted by molar-refractivity contribution is -0.118. The average molecular weight is 600 g/mol. The minimum atomic E-state index is -0.0909. The molecule has 9 heteroatoms. The summed E-state index contributed by atoms with van der Waals surface area (Å²) in [7, 11) is 0. The Morgan fingerprint density at radius 1 is 1.02 bits per heavy atom. The van der Waals surface area contributed by atoms with Crippen molar-refractivity contribution in [1.82, 2.24) is 19.9 Å². The van der Waals surface area contributed by atoms with Gasteiger partial charge in [0.2, 0.25) is 5.91 Å². The van der Waals surface area contributed by atoms with Crippen LogP contribution in [-0.4, -0.2) is 57.9 Å². The van der Waals surface area contributed by atoms with Crippen LogP contribution < -0.4 is 4.90 Å². The van der Waals surface area contributed by atoms with Crippen molar-refractivity contribution < 1.29 is 14.1 Å². The maximum atomic E-state index is 14.6.